The van der Waals surface area contributed by atoms with E-state index in [2.05, 4.69) is 16.0 Å². The Morgan fingerprint density at radius 1 is 0.598 bits per heavy atom. The summed E-state index contributed by atoms with van der Waals surface area (Å²) in [6.45, 7) is 16.9. The maximum Gasteiger partial charge on any atom is 0.419 e. The van der Waals surface area contributed by atoms with E-state index in [4.69, 9.17) is 4.74 Å². The number of aliphatic hydroxyl groups is 1. The van der Waals surface area contributed by atoms with Crippen LogP contribution in [0.3, 0.4) is 0 Å². The molecular formula is C60H89F3N8O11. The maximum absolute atomic E-state index is 15.3. The van der Waals surface area contributed by atoms with Crippen molar-refractivity contribution in [3.05, 3.63) is 71.8 Å². The molecule has 12 atom stereocenters. The topological polar surface area (TPSA) is 235 Å². The molecule has 2 aromatic rings. The summed E-state index contributed by atoms with van der Waals surface area (Å²) in [5, 5.41) is 19.7. The standard InChI is InChI=1S/C60H89F3N8O11/c1-16-37(9)45-56(78)68(13)46(35(5)6)51(73)64-41(31-34(3)4)54(76)70(15)49(59(11,81)60(61,62)63)58(80)82-48(38(10)17-2)57(79)69(14)47(36(7)8)52(74)65-42(32-39-25-20-18-21-26-39)53(75)67(12)44(33-40-27-22-19-23-28-40)55(77)71-30-24-29-43(71)50(72)66-45/h18-23,25-28,34-38,41-49,81H,16-17,24,29-33H2,1-15H3,(H,64,73)(H,65,74)(H,66,72)/t37-,38-,41-,42-,43?,44-,45-,46-,47-,48+,49+,59?/m0/s1. The number of nitrogens with one attached hydrogen (secondary N) is 3. The van der Waals surface area contributed by atoms with Gasteiger partial charge in [0, 0.05) is 53.5 Å². The number of benzene rings is 2. The number of fused-ring (bicyclic) bond motifs is 1. The van der Waals surface area contributed by atoms with E-state index in [-0.39, 0.29) is 45.6 Å². The summed E-state index contributed by atoms with van der Waals surface area (Å²) in [6, 6.07) is 5.27. The van der Waals surface area contributed by atoms with Crippen LogP contribution in [-0.4, -0.2) is 184 Å². The highest BCUT2D eigenvalue weighted by Gasteiger charge is 2.61. The number of amides is 8. The number of carbonyl (C=O) groups excluding carboxylic acids is 9. The normalized spacial score (nSPS) is 26.8. The van der Waals surface area contributed by atoms with E-state index in [1.165, 1.54) is 37.9 Å². The maximum atomic E-state index is 15.3. The zero-order valence-corrected chi connectivity index (χ0v) is 50.4. The van der Waals surface area contributed by atoms with Crippen molar-refractivity contribution in [3.63, 3.8) is 0 Å². The van der Waals surface area contributed by atoms with E-state index in [0.717, 1.165) is 16.8 Å². The third-order valence-electron chi connectivity index (χ3n) is 16.2. The van der Waals surface area contributed by atoms with Crippen molar-refractivity contribution >= 4 is 53.2 Å². The number of likely N-dealkylation sites (N-methyl/N-ethyl adjacent to an activating group) is 4. The van der Waals surface area contributed by atoms with Crippen LogP contribution in [0, 0.1) is 29.6 Å². The predicted octanol–water partition coefficient (Wildman–Crippen LogP) is 4.91. The van der Waals surface area contributed by atoms with Crippen LogP contribution in [0.5, 0.6) is 0 Å². The van der Waals surface area contributed by atoms with Crippen molar-refractivity contribution in [1.82, 2.24) is 40.4 Å². The summed E-state index contributed by atoms with van der Waals surface area (Å²) in [5.41, 5.74) is -2.75. The molecule has 82 heavy (non-hydrogen) atoms. The molecule has 0 bridgehead atoms. The van der Waals surface area contributed by atoms with Gasteiger partial charge in [-0.25, -0.2) is 4.79 Å². The highest BCUT2D eigenvalue weighted by molar-refractivity contribution is 5.99. The van der Waals surface area contributed by atoms with Crippen LogP contribution in [0.25, 0.3) is 0 Å². The largest absolute Gasteiger partial charge is 0.450 e. The van der Waals surface area contributed by atoms with Crippen LogP contribution < -0.4 is 16.0 Å². The molecule has 2 heterocycles. The van der Waals surface area contributed by atoms with Gasteiger partial charge in [-0.2, -0.15) is 13.2 Å². The van der Waals surface area contributed by atoms with E-state index in [0.29, 0.717) is 28.9 Å². The Morgan fingerprint density at radius 3 is 1.55 bits per heavy atom. The summed E-state index contributed by atoms with van der Waals surface area (Å²) >= 11 is 0. The molecule has 0 saturated carbocycles. The van der Waals surface area contributed by atoms with Crippen LogP contribution in [-0.2, 0) is 60.7 Å². The van der Waals surface area contributed by atoms with Crippen LogP contribution in [0.15, 0.2) is 60.7 Å². The average Bonchev–Trinajstić information content (AvgIpc) is 4.04. The molecule has 2 fully saturated rings. The number of ether oxygens (including phenoxy) is 1. The van der Waals surface area contributed by atoms with E-state index in [9.17, 15) is 38.7 Å². The molecule has 0 spiro atoms. The molecule has 456 valence electrons. The van der Waals surface area contributed by atoms with Crippen molar-refractivity contribution in [2.24, 2.45) is 29.6 Å². The molecule has 2 aromatic carbocycles. The van der Waals surface area contributed by atoms with E-state index in [1.54, 1.807) is 123 Å². The van der Waals surface area contributed by atoms with Crippen LogP contribution in [0.2, 0.25) is 0 Å². The van der Waals surface area contributed by atoms with Gasteiger partial charge in [-0.1, -0.05) is 136 Å². The van der Waals surface area contributed by atoms with Crippen molar-refractivity contribution < 1.29 is 66.2 Å². The Balaban J connectivity index is 2.02. The molecule has 19 nitrogen and oxygen atoms in total. The first-order valence-corrected chi connectivity index (χ1v) is 28.6. The summed E-state index contributed by atoms with van der Waals surface area (Å²) < 4.78 is 51.1. The Bertz CT molecular complexity index is 2550. The number of alkyl halides is 3. The highest BCUT2D eigenvalue weighted by atomic mass is 19.4. The summed E-state index contributed by atoms with van der Waals surface area (Å²) in [7, 11) is 4.84. The molecule has 4 N–H and O–H groups in total. The van der Waals surface area contributed by atoms with Gasteiger partial charge in [0.2, 0.25) is 41.4 Å². The van der Waals surface area contributed by atoms with Gasteiger partial charge in [-0.3, -0.25) is 38.4 Å². The lowest BCUT2D eigenvalue weighted by atomic mass is 9.92. The van der Waals surface area contributed by atoms with Crippen LogP contribution in [0.4, 0.5) is 13.2 Å². The average molecular weight is 1160 g/mol. The monoisotopic (exact) mass is 1150 g/mol. The minimum Gasteiger partial charge on any atom is -0.450 e. The van der Waals surface area contributed by atoms with Gasteiger partial charge in [-0.05, 0) is 67.4 Å². The second kappa shape index (κ2) is 29.1. The quantitative estimate of drug-likeness (QED) is 0.197. The minimum atomic E-state index is -5.60. The molecule has 2 aliphatic heterocycles. The number of cyclic esters (lactones) is 1. The molecule has 2 unspecified atom stereocenters. The lowest BCUT2D eigenvalue weighted by Gasteiger charge is -2.41. The summed E-state index contributed by atoms with van der Waals surface area (Å²) in [6.07, 6.45) is -6.77. The van der Waals surface area contributed by atoms with Gasteiger partial charge in [0.25, 0.3) is 5.91 Å². The summed E-state index contributed by atoms with van der Waals surface area (Å²) in [5.74, 6) is -11.8. The zero-order valence-electron chi connectivity index (χ0n) is 50.4. The molecule has 4 rings (SSSR count). The smallest absolute Gasteiger partial charge is 0.419 e. The number of carbonyl (C=O) groups is 9. The first kappa shape index (κ1) is 67.9. The third-order valence-corrected chi connectivity index (χ3v) is 16.2. The fourth-order valence-electron chi connectivity index (χ4n) is 11.0. The molecule has 22 heteroatoms. The molecule has 0 aromatic heterocycles. The van der Waals surface area contributed by atoms with E-state index < -0.39 is 149 Å². The highest BCUT2D eigenvalue weighted by Crippen LogP contribution is 2.37. The Hall–Kier alpha value is -6.58. The minimum absolute atomic E-state index is 0.0174. The Labute approximate surface area is 481 Å². The first-order chi connectivity index (χ1) is 38.2. The zero-order chi connectivity index (χ0) is 61.9. The Kier molecular flexibility index (Phi) is 24.1. The van der Waals surface area contributed by atoms with Gasteiger partial charge < -0.3 is 50.3 Å². The van der Waals surface area contributed by atoms with Crippen molar-refractivity contribution in [2.75, 3.05) is 34.7 Å². The van der Waals surface area contributed by atoms with Gasteiger partial charge in [0.15, 0.2) is 17.7 Å². The van der Waals surface area contributed by atoms with E-state index in [1.807, 2.05) is 0 Å². The van der Waals surface area contributed by atoms with Crippen LogP contribution >= 0.6 is 0 Å². The lowest BCUT2D eigenvalue weighted by Crippen LogP contribution is -2.66. The fraction of sp³-hybridized carbons (Fsp3) is 0.650. The van der Waals surface area contributed by atoms with Gasteiger partial charge in [-0.15, -0.1) is 0 Å². The number of nitrogens with zero attached hydrogens (tertiary/aromatic N) is 5. The fourth-order valence-corrected chi connectivity index (χ4v) is 11.0. The van der Waals surface area contributed by atoms with Crippen LogP contribution in [0.1, 0.15) is 119 Å². The summed E-state index contributed by atoms with van der Waals surface area (Å²) in [4.78, 5) is 139. The number of halogens is 3. The number of hydrogen-bond acceptors (Lipinski definition) is 11. The molecule has 0 radical (unpaired) electrons. The predicted molar refractivity (Wildman–Crippen MR) is 302 cm³/mol. The van der Waals surface area contributed by atoms with Crippen molar-refractivity contribution in [3.8, 4) is 0 Å². The molecular weight excluding hydrogens is 1070 g/mol. The lowest BCUT2D eigenvalue weighted by molar-refractivity contribution is -0.272. The first-order valence-electron chi connectivity index (χ1n) is 28.6. The van der Waals surface area contributed by atoms with Gasteiger partial charge in [0.05, 0.1) is 0 Å². The number of hydrogen-bond donors (Lipinski definition) is 4. The van der Waals surface area contributed by atoms with Gasteiger partial charge >= 0.3 is 12.1 Å². The second-order valence-corrected chi connectivity index (χ2v) is 23.7. The Morgan fingerprint density at radius 2 is 1.07 bits per heavy atom. The number of rotatable bonds is 13. The van der Waals surface area contributed by atoms with Gasteiger partial charge in [0.1, 0.15) is 42.3 Å². The SMILES string of the molecule is CC[C@H](C)[C@@H]1NC(=O)C2CCCN2C(=O)[C@H](Cc2ccccc2)N(C)C(=O)[C@H](Cc2ccccc2)NC(=O)[C@H](C(C)C)N(C)C(=O)[C@@H]([C@@H](C)CC)OC(=O)[C@H](C(C)(O)C(F)(F)F)N(C)C(=O)[C@H](CC(C)C)NC(=O)[C@H](C(C)C)N(C)C1=O. The number of esters is 1. The molecule has 8 amide bonds. The van der Waals surface area contributed by atoms with Crippen molar-refractivity contribution in [1.29, 1.82) is 0 Å². The second-order valence-electron chi connectivity index (χ2n) is 23.7. The third kappa shape index (κ3) is 16.1. The molecule has 0 aliphatic carbocycles. The van der Waals surface area contributed by atoms with E-state index >= 15 is 22.8 Å². The molecule has 2 aliphatic rings. The molecule has 2 saturated heterocycles. The van der Waals surface area contributed by atoms with Crippen molar-refractivity contribution in [2.45, 2.75) is 187 Å².